The number of hydrogen-bond acceptors (Lipinski definition) is 2. The third-order valence-corrected chi connectivity index (χ3v) is 5.69. The van der Waals surface area contributed by atoms with E-state index < -0.39 is 0 Å². The van der Waals surface area contributed by atoms with Gasteiger partial charge in [0.05, 0.1) is 11.7 Å². The average Bonchev–Trinajstić information content (AvgIpc) is 2.54. The molecule has 0 unspecified atom stereocenters. The highest BCUT2D eigenvalue weighted by atomic mass is 16.5. The van der Waals surface area contributed by atoms with Crippen LogP contribution in [-0.4, -0.2) is 11.2 Å². The van der Waals surface area contributed by atoms with Gasteiger partial charge in [0.15, 0.2) is 0 Å². The Balaban J connectivity index is 1.94. The molecule has 0 bridgehead atoms. The summed E-state index contributed by atoms with van der Waals surface area (Å²) in [5.74, 6) is 1.36. The van der Waals surface area contributed by atoms with E-state index in [4.69, 9.17) is 9.47 Å². The Morgan fingerprint density at radius 1 is 1.29 bits per heavy atom. The third kappa shape index (κ3) is 3.17. The molecule has 0 N–H and O–H groups in total. The lowest BCUT2D eigenvalue weighted by Gasteiger charge is -2.52. The second-order valence-corrected chi connectivity index (χ2v) is 7.97. The lowest BCUT2D eigenvalue weighted by Crippen LogP contribution is -2.52. The minimum atomic E-state index is -0.244. The Morgan fingerprint density at radius 3 is 2.75 bits per heavy atom. The molecular formula is C22H30O2. The maximum absolute atomic E-state index is 6.56. The molecule has 2 heterocycles. The number of hydrogen-bond donors (Lipinski definition) is 0. The summed E-state index contributed by atoms with van der Waals surface area (Å²) in [5, 5.41) is 0. The van der Waals surface area contributed by atoms with E-state index in [2.05, 4.69) is 58.5 Å². The number of allylic oxidation sites excluding steroid dienone is 2. The molecule has 0 amide bonds. The van der Waals surface area contributed by atoms with Gasteiger partial charge in [0.2, 0.25) is 0 Å². The van der Waals surface area contributed by atoms with Gasteiger partial charge in [-0.3, -0.25) is 0 Å². The van der Waals surface area contributed by atoms with E-state index in [0.717, 1.165) is 31.4 Å². The zero-order valence-corrected chi connectivity index (χ0v) is 15.5. The molecule has 1 aromatic rings. The van der Waals surface area contributed by atoms with Crippen molar-refractivity contribution >= 4 is 0 Å². The molecule has 0 spiro atoms. The van der Waals surface area contributed by atoms with Crippen LogP contribution in [0.5, 0.6) is 5.75 Å². The minimum Gasteiger partial charge on any atom is -0.487 e. The van der Waals surface area contributed by atoms with Crippen LogP contribution in [0.15, 0.2) is 48.6 Å². The number of fused-ring (bicyclic) bond motifs is 3. The maximum atomic E-state index is 6.56. The average molecular weight is 326 g/mol. The predicted molar refractivity (Wildman–Crippen MR) is 99.3 cm³/mol. The number of para-hydroxylation sites is 1. The van der Waals surface area contributed by atoms with Crippen LogP contribution in [-0.2, 0) is 4.74 Å². The maximum Gasteiger partial charge on any atom is 0.125 e. The first-order valence-electron chi connectivity index (χ1n) is 9.10. The van der Waals surface area contributed by atoms with Crippen LogP contribution in [0.1, 0.15) is 65.0 Å². The second-order valence-electron chi connectivity index (χ2n) is 7.97. The second kappa shape index (κ2) is 6.40. The fourth-order valence-corrected chi connectivity index (χ4v) is 4.10. The van der Waals surface area contributed by atoms with E-state index in [0.29, 0.717) is 5.92 Å². The fourth-order valence-electron chi connectivity index (χ4n) is 4.10. The Morgan fingerprint density at radius 2 is 2.04 bits per heavy atom. The first kappa shape index (κ1) is 17.3. The summed E-state index contributed by atoms with van der Waals surface area (Å²) in [6.07, 6.45) is 8.52. The molecule has 24 heavy (non-hydrogen) atoms. The zero-order valence-electron chi connectivity index (χ0n) is 15.5. The van der Waals surface area contributed by atoms with Crippen LogP contribution >= 0.6 is 0 Å². The Hall–Kier alpha value is -1.54. The largest absolute Gasteiger partial charge is 0.487 e. The summed E-state index contributed by atoms with van der Waals surface area (Å²) in [6, 6.07) is 8.35. The Labute approximate surface area is 146 Å². The smallest absolute Gasteiger partial charge is 0.125 e. The van der Waals surface area contributed by atoms with Gasteiger partial charge in [-0.1, -0.05) is 35.9 Å². The quantitative estimate of drug-likeness (QED) is 0.632. The topological polar surface area (TPSA) is 18.5 Å². The molecular weight excluding hydrogens is 296 g/mol. The molecule has 0 radical (unpaired) electrons. The van der Waals surface area contributed by atoms with Gasteiger partial charge in [0.25, 0.3) is 0 Å². The van der Waals surface area contributed by atoms with E-state index in [1.54, 1.807) is 0 Å². The van der Waals surface area contributed by atoms with Crippen LogP contribution < -0.4 is 4.74 Å². The van der Waals surface area contributed by atoms with Crippen molar-refractivity contribution in [3.05, 3.63) is 54.1 Å². The summed E-state index contributed by atoms with van der Waals surface area (Å²) in [6.45, 7) is 12.7. The highest BCUT2D eigenvalue weighted by Gasteiger charge is 2.51. The van der Waals surface area contributed by atoms with Gasteiger partial charge in [0, 0.05) is 11.5 Å². The number of benzene rings is 1. The highest BCUT2D eigenvalue weighted by molar-refractivity contribution is 5.39. The normalized spacial score (nSPS) is 34.5. The summed E-state index contributed by atoms with van der Waals surface area (Å²) in [4.78, 5) is 0. The molecule has 2 heteroatoms. The van der Waals surface area contributed by atoms with E-state index >= 15 is 0 Å². The van der Waals surface area contributed by atoms with Crippen molar-refractivity contribution in [2.24, 2.45) is 5.92 Å². The molecule has 0 aromatic heterocycles. The molecule has 2 nitrogen and oxygen atoms in total. The van der Waals surface area contributed by atoms with Gasteiger partial charge in [-0.15, -0.1) is 6.58 Å². The van der Waals surface area contributed by atoms with Crippen molar-refractivity contribution in [2.75, 3.05) is 0 Å². The number of ether oxygens (including phenoxy) is 2. The van der Waals surface area contributed by atoms with E-state index in [1.165, 1.54) is 11.1 Å². The molecule has 0 aliphatic carbocycles. The van der Waals surface area contributed by atoms with E-state index in [9.17, 15) is 0 Å². The molecule has 1 fully saturated rings. The molecule has 4 atom stereocenters. The van der Waals surface area contributed by atoms with E-state index in [1.807, 2.05) is 12.1 Å². The van der Waals surface area contributed by atoms with Crippen LogP contribution in [0.25, 0.3) is 0 Å². The molecule has 1 saturated heterocycles. The van der Waals surface area contributed by atoms with Crippen LogP contribution in [0.3, 0.4) is 0 Å². The highest BCUT2D eigenvalue weighted by Crippen LogP contribution is 2.54. The van der Waals surface area contributed by atoms with E-state index in [-0.39, 0.29) is 17.3 Å². The van der Waals surface area contributed by atoms with Crippen molar-refractivity contribution in [1.82, 2.24) is 0 Å². The van der Waals surface area contributed by atoms with Crippen molar-refractivity contribution in [3.63, 3.8) is 0 Å². The Bertz CT molecular complexity index is 643. The van der Waals surface area contributed by atoms with Crippen molar-refractivity contribution in [3.8, 4) is 5.75 Å². The lowest BCUT2D eigenvalue weighted by molar-refractivity contribution is -0.178. The van der Waals surface area contributed by atoms with Gasteiger partial charge in [0.1, 0.15) is 11.4 Å². The molecule has 3 rings (SSSR count). The van der Waals surface area contributed by atoms with Crippen molar-refractivity contribution in [2.45, 2.75) is 70.7 Å². The minimum absolute atomic E-state index is 0.0865. The standard InChI is InChI=1S/C22H30O2/c1-6-21(4)15-13-18-20(24-21)17-11-7-8-12-19(17)23-22(18,5)14-9-10-16(2)3/h6-8,10-12,18,20H,1,9,13-15H2,2-5H3/t18-,20+,21+,22+/m0/s1. The van der Waals surface area contributed by atoms with Crippen LogP contribution in [0, 0.1) is 5.92 Å². The monoisotopic (exact) mass is 326 g/mol. The van der Waals surface area contributed by atoms with Crippen molar-refractivity contribution in [1.29, 1.82) is 0 Å². The lowest BCUT2D eigenvalue weighted by atomic mass is 9.71. The van der Waals surface area contributed by atoms with Gasteiger partial charge >= 0.3 is 0 Å². The van der Waals surface area contributed by atoms with Gasteiger partial charge in [-0.05, 0) is 59.4 Å². The van der Waals surface area contributed by atoms with Crippen LogP contribution in [0.2, 0.25) is 0 Å². The third-order valence-electron chi connectivity index (χ3n) is 5.69. The SMILES string of the molecule is C=C[C@]1(C)CC[C@H]2[C@H](O1)c1ccccc1O[C@]2(C)CCC=C(C)C. The van der Waals surface area contributed by atoms with Gasteiger partial charge in [-0.2, -0.15) is 0 Å². The number of rotatable bonds is 4. The molecule has 2 aliphatic heterocycles. The van der Waals surface area contributed by atoms with Gasteiger partial charge in [-0.25, -0.2) is 0 Å². The summed E-state index contributed by atoms with van der Waals surface area (Å²) >= 11 is 0. The molecule has 130 valence electrons. The summed E-state index contributed by atoms with van der Waals surface area (Å²) in [7, 11) is 0. The fraction of sp³-hybridized carbons (Fsp3) is 0.545. The molecule has 0 saturated carbocycles. The summed E-state index contributed by atoms with van der Waals surface area (Å²) in [5.41, 5.74) is 2.13. The molecule has 2 aliphatic rings. The zero-order chi connectivity index (χ0) is 17.4. The molecule has 1 aromatic carbocycles. The van der Waals surface area contributed by atoms with Crippen LogP contribution in [0.4, 0.5) is 0 Å². The van der Waals surface area contributed by atoms with Crippen molar-refractivity contribution < 1.29 is 9.47 Å². The van der Waals surface area contributed by atoms with Gasteiger partial charge < -0.3 is 9.47 Å². The predicted octanol–water partition coefficient (Wildman–Crippen LogP) is 6.00. The first-order chi connectivity index (χ1) is 11.4. The Kier molecular flexibility index (Phi) is 4.61. The summed E-state index contributed by atoms with van der Waals surface area (Å²) < 4.78 is 13.1. The first-order valence-corrected chi connectivity index (χ1v) is 9.10.